The SMILES string of the molecule is N#Cc1ccc(N2CCN(C(=O)c3conc3C3CC3)CC2)c(F)c1. The Morgan fingerprint density at radius 2 is 2.04 bits per heavy atom. The molecule has 0 radical (unpaired) electrons. The molecule has 1 aromatic heterocycles. The second-order valence-corrected chi connectivity index (χ2v) is 6.44. The lowest BCUT2D eigenvalue weighted by Crippen LogP contribution is -2.49. The molecule has 1 saturated heterocycles. The standard InChI is InChI=1S/C18H17FN4O2/c19-15-9-12(10-20)1-4-16(15)22-5-7-23(8-6-22)18(24)14-11-25-21-17(14)13-2-3-13/h1,4,9,11,13H,2-3,5-8H2. The second kappa shape index (κ2) is 6.20. The van der Waals surface area contributed by atoms with Gasteiger partial charge in [0, 0.05) is 32.1 Å². The van der Waals surface area contributed by atoms with E-state index in [1.54, 1.807) is 17.0 Å². The molecule has 2 fully saturated rings. The first-order valence-electron chi connectivity index (χ1n) is 8.35. The van der Waals surface area contributed by atoms with Gasteiger partial charge in [-0.1, -0.05) is 5.16 Å². The van der Waals surface area contributed by atoms with Crippen LogP contribution in [-0.4, -0.2) is 42.1 Å². The first-order valence-corrected chi connectivity index (χ1v) is 8.35. The highest BCUT2D eigenvalue weighted by Gasteiger charge is 2.34. The minimum Gasteiger partial charge on any atom is -0.366 e. The Kier molecular flexibility index (Phi) is 3.88. The fourth-order valence-corrected chi connectivity index (χ4v) is 3.21. The van der Waals surface area contributed by atoms with Gasteiger partial charge in [0.05, 0.1) is 23.0 Å². The van der Waals surface area contributed by atoms with Crippen molar-refractivity contribution in [2.24, 2.45) is 0 Å². The number of nitrogens with zero attached hydrogens (tertiary/aromatic N) is 4. The van der Waals surface area contributed by atoms with Crippen LogP contribution in [0.15, 0.2) is 29.0 Å². The zero-order chi connectivity index (χ0) is 17.4. The first-order chi connectivity index (χ1) is 12.2. The minimum atomic E-state index is -0.408. The zero-order valence-electron chi connectivity index (χ0n) is 13.6. The van der Waals surface area contributed by atoms with E-state index in [1.807, 2.05) is 11.0 Å². The number of nitriles is 1. The quantitative estimate of drug-likeness (QED) is 0.858. The molecule has 1 saturated carbocycles. The maximum atomic E-state index is 14.2. The summed E-state index contributed by atoms with van der Waals surface area (Å²) in [5, 5.41) is 12.8. The van der Waals surface area contributed by atoms with Crippen LogP contribution in [0.25, 0.3) is 0 Å². The fourth-order valence-electron chi connectivity index (χ4n) is 3.21. The van der Waals surface area contributed by atoms with Crippen LogP contribution in [0.2, 0.25) is 0 Å². The van der Waals surface area contributed by atoms with Crippen molar-refractivity contribution in [2.45, 2.75) is 18.8 Å². The number of hydrogen-bond acceptors (Lipinski definition) is 5. The number of anilines is 1. The molecule has 0 unspecified atom stereocenters. The Morgan fingerprint density at radius 3 is 2.68 bits per heavy atom. The van der Waals surface area contributed by atoms with Gasteiger partial charge in [-0.2, -0.15) is 5.26 Å². The number of aromatic nitrogens is 1. The smallest absolute Gasteiger partial charge is 0.259 e. The summed E-state index contributed by atoms with van der Waals surface area (Å²) in [6.07, 6.45) is 3.54. The Bertz CT molecular complexity index is 845. The number of rotatable bonds is 3. The van der Waals surface area contributed by atoms with E-state index >= 15 is 0 Å². The molecule has 0 spiro atoms. The molecule has 0 atom stereocenters. The number of piperazine rings is 1. The van der Waals surface area contributed by atoms with Gasteiger partial charge in [-0.3, -0.25) is 4.79 Å². The molecule has 6 nitrogen and oxygen atoms in total. The van der Waals surface area contributed by atoms with Crippen molar-refractivity contribution >= 4 is 11.6 Å². The van der Waals surface area contributed by atoms with Gasteiger partial charge in [-0.15, -0.1) is 0 Å². The Labute approximate surface area is 144 Å². The molecular weight excluding hydrogens is 323 g/mol. The fraction of sp³-hybridized carbons (Fsp3) is 0.389. The maximum Gasteiger partial charge on any atom is 0.259 e. The molecule has 2 heterocycles. The van der Waals surface area contributed by atoms with Crippen LogP contribution in [-0.2, 0) is 0 Å². The predicted molar refractivity (Wildman–Crippen MR) is 87.7 cm³/mol. The van der Waals surface area contributed by atoms with E-state index in [4.69, 9.17) is 9.78 Å². The summed E-state index contributed by atoms with van der Waals surface area (Å²) in [6.45, 7) is 2.10. The lowest BCUT2D eigenvalue weighted by molar-refractivity contribution is 0.0745. The Balaban J connectivity index is 1.44. The number of carbonyl (C=O) groups is 1. The van der Waals surface area contributed by atoms with Crippen LogP contribution < -0.4 is 4.90 Å². The largest absolute Gasteiger partial charge is 0.366 e. The molecule has 2 aliphatic rings. The Morgan fingerprint density at radius 1 is 1.28 bits per heavy atom. The lowest BCUT2D eigenvalue weighted by atomic mass is 10.1. The average molecular weight is 340 g/mol. The van der Waals surface area contributed by atoms with Crippen molar-refractivity contribution in [1.82, 2.24) is 10.1 Å². The summed E-state index contributed by atoms with van der Waals surface area (Å²) in [6, 6.07) is 6.40. The van der Waals surface area contributed by atoms with Crippen LogP contribution in [0.5, 0.6) is 0 Å². The average Bonchev–Trinajstić information content (AvgIpc) is 3.38. The van der Waals surface area contributed by atoms with Crippen molar-refractivity contribution < 1.29 is 13.7 Å². The number of carbonyl (C=O) groups excluding carboxylic acids is 1. The minimum absolute atomic E-state index is 0.0666. The summed E-state index contributed by atoms with van der Waals surface area (Å²) in [4.78, 5) is 16.4. The van der Waals surface area contributed by atoms with Crippen LogP contribution >= 0.6 is 0 Å². The van der Waals surface area contributed by atoms with E-state index in [0.29, 0.717) is 48.9 Å². The van der Waals surface area contributed by atoms with E-state index in [9.17, 15) is 9.18 Å². The van der Waals surface area contributed by atoms with E-state index in [-0.39, 0.29) is 5.91 Å². The van der Waals surface area contributed by atoms with Gasteiger partial charge in [0.1, 0.15) is 17.6 Å². The van der Waals surface area contributed by atoms with Crippen molar-refractivity contribution in [3.63, 3.8) is 0 Å². The number of hydrogen-bond donors (Lipinski definition) is 0. The monoisotopic (exact) mass is 340 g/mol. The van der Waals surface area contributed by atoms with E-state index in [0.717, 1.165) is 18.5 Å². The second-order valence-electron chi connectivity index (χ2n) is 6.44. The normalized spacial score (nSPS) is 17.4. The third kappa shape index (κ3) is 2.95. The topological polar surface area (TPSA) is 73.4 Å². The van der Waals surface area contributed by atoms with E-state index in [1.165, 1.54) is 12.3 Å². The van der Waals surface area contributed by atoms with Crippen molar-refractivity contribution in [1.29, 1.82) is 5.26 Å². The zero-order valence-corrected chi connectivity index (χ0v) is 13.6. The number of amides is 1. The molecule has 25 heavy (non-hydrogen) atoms. The summed E-state index contributed by atoms with van der Waals surface area (Å²) in [5.41, 5.74) is 2.09. The van der Waals surface area contributed by atoms with Gasteiger partial charge < -0.3 is 14.3 Å². The van der Waals surface area contributed by atoms with Gasteiger partial charge in [0.15, 0.2) is 0 Å². The summed E-state index contributed by atoms with van der Waals surface area (Å²) < 4.78 is 19.2. The third-order valence-electron chi connectivity index (χ3n) is 4.78. The van der Waals surface area contributed by atoms with E-state index in [2.05, 4.69) is 5.16 Å². The molecule has 0 N–H and O–H groups in total. The van der Waals surface area contributed by atoms with Gasteiger partial charge >= 0.3 is 0 Å². The highest BCUT2D eigenvalue weighted by molar-refractivity contribution is 5.95. The van der Waals surface area contributed by atoms with Crippen LogP contribution in [0, 0.1) is 17.1 Å². The third-order valence-corrected chi connectivity index (χ3v) is 4.78. The van der Waals surface area contributed by atoms with Crippen LogP contribution in [0.3, 0.4) is 0 Å². The van der Waals surface area contributed by atoms with Gasteiger partial charge in [0.2, 0.25) is 0 Å². The number of benzene rings is 1. The molecule has 1 amide bonds. The van der Waals surface area contributed by atoms with Gasteiger partial charge in [0.25, 0.3) is 5.91 Å². The predicted octanol–water partition coefficient (Wildman–Crippen LogP) is 2.53. The van der Waals surface area contributed by atoms with Crippen molar-refractivity contribution in [3.8, 4) is 6.07 Å². The van der Waals surface area contributed by atoms with Crippen molar-refractivity contribution in [3.05, 3.63) is 47.1 Å². The molecule has 2 aromatic rings. The van der Waals surface area contributed by atoms with Crippen molar-refractivity contribution in [2.75, 3.05) is 31.1 Å². The first kappa shape index (κ1) is 15.6. The van der Waals surface area contributed by atoms with Gasteiger partial charge in [-0.05, 0) is 31.0 Å². The number of halogens is 1. The highest BCUT2D eigenvalue weighted by Crippen LogP contribution is 2.41. The molecule has 1 aliphatic carbocycles. The molecule has 0 bridgehead atoms. The van der Waals surface area contributed by atoms with Crippen LogP contribution in [0.1, 0.15) is 40.4 Å². The molecular formula is C18H17FN4O2. The highest BCUT2D eigenvalue weighted by atomic mass is 19.1. The Hall–Kier alpha value is -2.88. The van der Waals surface area contributed by atoms with E-state index < -0.39 is 5.82 Å². The van der Waals surface area contributed by atoms with Gasteiger partial charge in [-0.25, -0.2) is 4.39 Å². The lowest BCUT2D eigenvalue weighted by Gasteiger charge is -2.36. The molecule has 1 aliphatic heterocycles. The molecule has 1 aromatic carbocycles. The molecule has 4 rings (SSSR count). The maximum absolute atomic E-state index is 14.2. The van der Waals surface area contributed by atoms with Crippen LogP contribution in [0.4, 0.5) is 10.1 Å². The summed E-state index contributed by atoms with van der Waals surface area (Å²) in [5.74, 6) is -0.122. The summed E-state index contributed by atoms with van der Waals surface area (Å²) >= 11 is 0. The molecule has 128 valence electrons. The summed E-state index contributed by atoms with van der Waals surface area (Å²) in [7, 11) is 0. The molecule has 7 heteroatoms.